The largest absolute Gasteiger partial charge is 0.368 e. The second kappa shape index (κ2) is 4.66. The van der Waals surface area contributed by atoms with Crippen LogP contribution in [0.4, 0.5) is 0 Å². The molecule has 2 heterocycles. The molecule has 1 fully saturated rings. The number of ether oxygens (including phenoxy) is 1. The quantitative estimate of drug-likeness (QED) is 0.753. The predicted molar refractivity (Wildman–Crippen MR) is 60.7 cm³/mol. The number of thioether (sulfide) groups is 1. The molecule has 1 aliphatic rings. The third-order valence-corrected chi connectivity index (χ3v) is 4.16. The maximum atomic E-state index is 11.8. The Kier molecular flexibility index (Phi) is 3.49. The number of halogens is 1. The van der Waals surface area contributed by atoms with Crippen LogP contribution < -0.4 is 0 Å². The van der Waals surface area contributed by atoms with Crippen LogP contribution in [0.25, 0.3) is 0 Å². The Balaban J connectivity index is 2.07. The van der Waals surface area contributed by atoms with Crippen molar-refractivity contribution >= 4 is 40.5 Å². The molecule has 1 atom stereocenters. The van der Waals surface area contributed by atoms with Gasteiger partial charge in [0.15, 0.2) is 0 Å². The Morgan fingerprint density at radius 1 is 1.57 bits per heavy atom. The molecule has 1 unspecified atom stereocenters. The molecule has 0 aliphatic carbocycles. The number of rotatable bonds is 2. The summed E-state index contributed by atoms with van der Waals surface area (Å²) in [6.45, 7) is 0.667. The van der Waals surface area contributed by atoms with Crippen molar-refractivity contribution in [2.75, 3.05) is 18.1 Å². The van der Waals surface area contributed by atoms with Gasteiger partial charge >= 0.3 is 0 Å². The normalized spacial score (nSPS) is 22.2. The van der Waals surface area contributed by atoms with E-state index in [1.165, 1.54) is 11.3 Å². The molecule has 0 N–H and O–H groups in total. The molecule has 76 valence electrons. The fourth-order valence-electron chi connectivity index (χ4n) is 1.24. The summed E-state index contributed by atoms with van der Waals surface area (Å²) >= 11 is 8.84. The Morgan fingerprint density at radius 2 is 2.43 bits per heavy atom. The van der Waals surface area contributed by atoms with E-state index in [4.69, 9.17) is 16.3 Å². The molecule has 0 saturated carbocycles. The van der Waals surface area contributed by atoms with Crippen LogP contribution in [0.1, 0.15) is 9.67 Å². The Morgan fingerprint density at radius 3 is 3.00 bits per heavy atom. The predicted octanol–water partition coefficient (Wildman–Crippen LogP) is 2.72. The van der Waals surface area contributed by atoms with E-state index in [1.54, 1.807) is 23.9 Å². The molecule has 2 rings (SSSR count). The molecule has 0 radical (unpaired) electrons. The third-order valence-electron chi connectivity index (χ3n) is 1.92. The highest BCUT2D eigenvalue weighted by Crippen LogP contribution is 2.25. The first-order valence-corrected chi connectivity index (χ1v) is 6.61. The highest BCUT2D eigenvalue weighted by atomic mass is 35.5. The first-order chi connectivity index (χ1) is 6.77. The number of carbonyl (C=O) groups is 1. The first kappa shape index (κ1) is 10.5. The maximum absolute atomic E-state index is 11.8. The Labute approximate surface area is 95.6 Å². The molecule has 1 aliphatic heterocycles. The van der Waals surface area contributed by atoms with Gasteiger partial charge in [-0.1, -0.05) is 11.6 Å². The fraction of sp³-hybridized carbons (Fsp3) is 0.444. The summed E-state index contributed by atoms with van der Waals surface area (Å²) < 4.78 is 6.05. The minimum Gasteiger partial charge on any atom is -0.368 e. The number of Topliss-reactive ketones (excluding diaryl/α,β-unsaturated/α-hetero) is 1. The molecule has 0 amide bonds. The molecule has 2 nitrogen and oxygen atoms in total. The average molecular weight is 249 g/mol. The van der Waals surface area contributed by atoms with Crippen molar-refractivity contribution in [1.82, 2.24) is 0 Å². The highest BCUT2D eigenvalue weighted by Gasteiger charge is 2.24. The van der Waals surface area contributed by atoms with Gasteiger partial charge in [-0.05, 0) is 12.1 Å². The van der Waals surface area contributed by atoms with Gasteiger partial charge in [-0.2, -0.15) is 11.8 Å². The lowest BCUT2D eigenvalue weighted by Gasteiger charge is -2.20. The Bertz CT molecular complexity index is 331. The van der Waals surface area contributed by atoms with Crippen LogP contribution >= 0.6 is 34.7 Å². The molecule has 5 heteroatoms. The molecule has 0 aromatic carbocycles. The minimum absolute atomic E-state index is 0.0640. The van der Waals surface area contributed by atoms with Crippen molar-refractivity contribution in [3.8, 4) is 0 Å². The number of carbonyl (C=O) groups excluding carboxylic acids is 1. The van der Waals surface area contributed by atoms with Crippen LogP contribution in [-0.4, -0.2) is 30.0 Å². The van der Waals surface area contributed by atoms with E-state index in [0.717, 1.165) is 11.5 Å². The van der Waals surface area contributed by atoms with Crippen molar-refractivity contribution in [2.45, 2.75) is 6.10 Å². The monoisotopic (exact) mass is 248 g/mol. The summed E-state index contributed by atoms with van der Waals surface area (Å²) in [7, 11) is 0. The van der Waals surface area contributed by atoms with Crippen LogP contribution in [0.3, 0.4) is 0 Å². The zero-order valence-corrected chi connectivity index (χ0v) is 9.75. The van der Waals surface area contributed by atoms with Crippen LogP contribution in [0, 0.1) is 0 Å². The molecular formula is C9H9ClO2S2. The molecule has 1 aromatic heterocycles. The van der Waals surface area contributed by atoms with Crippen molar-refractivity contribution in [3.63, 3.8) is 0 Å². The third kappa shape index (κ3) is 2.31. The number of ketones is 1. The topological polar surface area (TPSA) is 26.3 Å². The smallest absolute Gasteiger partial charge is 0.202 e. The van der Waals surface area contributed by atoms with Gasteiger partial charge in [0.05, 0.1) is 15.8 Å². The van der Waals surface area contributed by atoms with Gasteiger partial charge in [0, 0.05) is 11.5 Å². The summed E-state index contributed by atoms with van der Waals surface area (Å²) in [6.07, 6.45) is -0.275. The lowest BCUT2D eigenvalue weighted by Crippen LogP contribution is -2.30. The van der Waals surface area contributed by atoms with E-state index in [0.29, 0.717) is 15.8 Å². The van der Waals surface area contributed by atoms with Crippen molar-refractivity contribution in [2.24, 2.45) is 0 Å². The van der Waals surface area contributed by atoms with Gasteiger partial charge < -0.3 is 4.74 Å². The summed E-state index contributed by atoms with van der Waals surface area (Å²) in [5.74, 6) is 1.80. The van der Waals surface area contributed by atoms with Crippen LogP contribution in [0.2, 0.25) is 4.34 Å². The molecule has 0 spiro atoms. The van der Waals surface area contributed by atoms with E-state index in [2.05, 4.69) is 0 Å². The summed E-state index contributed by atoms with van der Waals surface area (Å²) in [5.41, 5.74) is 0. The van der Waals surface area contributed by atoms with Crippen LogP contribution in [0.5, 0.6) is 0 Å². The minimum atomic E-state index is -0.275. The van der Waals surface area contributed by atoms with Crippen LogP contribution in [0.15, 0.2) is 12.1 Å². The van der Waals surface area contributed by atoms with E-state index in [-0.39, 0.29) is 11.9 Å². The average Bonchev–Trinajstić information content (AvgIpc) is 2.65. The summed E-state index contributed by atoms with van der Waals surface area (Å²) in [4.78, 5) is 12.5. The van der Waals surface area contributed by atoms with Gasteiger partial charge in [-0.3, -0.25) is 4.79 Å². The van der Waals surface area contributed by atoms with Crippen LogP contribution in [-0.2, 0) is 4.74 Å². The number of hydrogen-bond donors (Lipinski definition) is 0. The summed E-state index contributed by atoms with van der Waals surface area (Å²) in [5, 5.41) is 0. The zero-order valence-electron chi connectivity index (χ0n) is 7.36. The fourth-order valence-corrected chi connectivity index (χ4v) is 3.11. The molecule has 14 heavy (non-hydrogen) atoms. The number of thiophene rings is 1. The molecule has 1 aromatic rings. The van der Waals surface area contributed by atoms with Crippen molar-refractivity contribution in [1.29, 1.82) is 0 Å². The highest BCUT2D eigenvalue weighted by molar-refractivity contribution is 7.99. The van der Waals surface area contributed by atoms with Gasteiger partial charge in [0.1, 0.15) is 6.10 Å². The lowest BCUT2D eigenvalue weighted by molar-refractivity contribution is 0.0523. The molecule has 1 saturated heterocycles. The molecule has 0 bridgehead atoms. The first-order valence-electron chi connectivity index (χ1n) is 4.26. The second-order valence-electron chi connectivity index (χ2n) is 2.90. The Hall–Kier alpha value is -0.0300. The van der Waals surface area contributed by atoms with Gasteiger partial charge in [0.25, 0.3) is 0 Å². The SMILES string of the molecule is O=C(c1ccc(Cl)s1)C1CSCCO1. The van der Waals surface area contributed by atoms with E-state index in [1.807, 2.05) is 0 Å². The maximum Gasteiger partial charge on any atom is 0.202 e. The van der Waals surface area contributed by atoms with Gasteiger partial charge in [0.2, 0.25) is 5.78 Å². The van der Waals surface area contributed by atoms with Crippen molar-refractivity contribution < 1.29 is 9.53 Å². The van der Waals surface area contributed by atoms with Gasteiger partial charge in [-0.15, -0.1) is 11.3 Å². The lowest BCUT2D eigenvalue weighted by atomic mass is 10.2. The number of hydrogen-bond acceptors (Lipinski definition) is 4. The van der Waals surface area contributed by atoms with E-state index >= 15 is 0 Å². The zero-order chi connectivity index (χ0) is 9.97. The van der Waals surface area contributed by atoms with Gasteiger partial charge in [-0.25, -0.2) is 0 Å². The van der Waals surface area contributed by atoms with E-state index in [9.17, 15) is 4.79 Å². The van der Waals surface area contributed by atoms with E-state index < -0.39 is 0 Å². The summed E-state index contributed by atoms with van der Waals surface area (Å²) in [6, 6.07) is 3.51. The molecular weight excluding hydrogens is 240 g/mol. The standard InChI is InChI=1S/C9H9ClO2S2/c10-8-2-1-7(14-8)9(11)6-5-13-4-3-12-6/h1-2,6H,3-5H2. The van der Waals surface area contributed by atoms with Crippen molar-refractivity contribution in [3.05, 3.63) is 21.3 Å². The second-order valence-corrected chi connectivity index (χ2v) is 5.77.